The molecule has 0 bridgehead atoms. The van der Waals surface area contributed by atoms with Gasteiger partial charge in [0.2, 0.25) is 11.8 Å². The maximum atomic E-state index is 13.3. The number of halogens is 2. The number of carbonyl (C=O) groups excluding carboxylic acids is 6. The zero-order valence-corrected chi connectivity index (χ0v) is 28.4. The molecule has 3 aromatic rings. The van der Waals surface area contributed by atoms with Crippen LogP contribution in [-0.2, 0) is 9.59 Å². The van der Waals surface area contributed by atoms with Crippen LogP contribution in [0.3, 0.4) is 0 Å². The Labute approximate surface area is 296 Å². The summed E-state index contributed by atoms with van der Waals surface area (Å²) in [4.78, 5) is 82.0. The van der Waals surface area contributed by atoms with E-state index in [0.29, 0.717) is 6.04 Å². The Balaban J connectivity index is 0.898. The zero-order valence-electron chi connectivity index (χ0n) is 26.8. The lowest BCUT2D eigenvalue weighted by atomic mass is 9.97. The van der Waals surface area contributed by atoms with Gasteiger partial charge in [-0.25, -0.2) is 0 Å². The number of aromatic nitrogens is 2. The molecule has 260 valence electrons. The number of hydrogen-bond acceptors (Lipinski definition) is 9. The fraction of sp³-hybridized carbons (Fsp3) is 0.382. The Morgan fingerprint density at radius 2 is 1.54 bits per heavy atom. The zero-order chi connectivity index (χ0) is 35.1. The summed E-state index contributed by atoms with van der Waals surface area (Å²) in [5.74, 6) is -2.98. The van der Waals surface area contributed by atoms with Crippen LogP contribution in [0.2, 0.25) is 10.0 Å². The summed E-state index contributed by atoms with van der Waals surface area (Å²) >= 11 is 12.3. The third-order valence-electron chi connectivity index (χ3n) is 9.94. The molecule has 4 aliphatic rings. The number of H-pyrrole nitrogens is 1. The molecule has 7 rings (SSSR count). The third-order valence-corrected chi connectivity index (χ3v) is 10.6. The van der Waals surface area contributed by atoms with E-state index in [0.717, 1.165) is 62.4 Å². The molecule has 50 heavy (non-hydrogen) atoms. The summed E-state index contributed by atoms with van der Waals surface area (Å²) in [5.41, 5.74) is 1.86. The Morgan fingerprint density at radius 3 is 2.24 bits per heavy atom. The second-order valence-corrected chi connectivity index (χ2v) is 13.7. The molecule has 2 aromatic carbocycles. The first-order valence-corrected chi connectivity index (χ1v) is 17.3. The normalized spacial score (nSPS) is 20.6. The minimum absolute atomic E-state index is 0.0462. The summed E-state index contributed by atoms with van der Waals surface area (Å²) in [7, 11) is 0. The van der Waals surface area contributed by atoms with Crippen molar-refractivity contribution < 1.29 is 28.8 Å². The van der Waals surface area contributed by atoms with Crippen molar-refractivity contribution >= 4 is 70.0 Å². The second-order valence-electron chi connectivity index (χ2n) is 12.9. The van der Waals surface area contributed by atoms with E-state index in [1.165, 1.54) is 6.20 Å². The summed E-state index contributed by atoms with van der Waals surface area (Å²) in [6.07, 6.45) is 4.91. The highest BCUT2D eigenvalue weighted by Gasteiger charge is 2.45. The Hall–Kier alpha value is -4.79. The molecule has 5 heterocycles. The van der Waals surface area contributed by atoms with Gasteiger partial charge >= 0.3 is 0 Å². The number of rotatable bonds is 7. The topological polar surface area (TPSA) is 177 Å². The lowest BCUT2D eigenvalue weighted by Gasteiger charge is -2.42. The van der Waals surface area contributed by atoms with E-state index in [2.05, 4.69) is 35.9 Å². The van der Waals surface area contributed by atoms with Gasteiger partial charge in [0.25, 0.3) is 23.6 Å². The largest absolute Gasteiger partial charge is 0.371 e. The maximum Gasteiger partial charge on any atom is 0.271 e. The number of benzene rings is 2. The number of nitrogens with one attached hydrogen (secondary N) is 4. The van der Waals surface area contributed by atoms with Gasteiger partial charge < -0.3 is 20.4 Å². The number of anilines is 2. The Kier molecular flexibility index (Phi) is 9.33. The van der Waals surface area contributed by atoms with Crippen LogP contribution >= 0.6 is 23.2 Å². The quantitative estimate of drug-likeness (QED) is 0.267. The van der Waals surface area contributed by atoms with Gasteiger partial charge in [0, 0.05) is 50.4 Å². The van der Waals surface area contributed by atoms with Gasteiger partial charge in [0.15, 0.2) is 0 Å². The highest BCUT2D eigenvalue weighted by Crippen LogP contribution is 2.33. The fourth-order valence-corrected chi connectivity index (χ4v) is 7.83. The molecular weight excluding hydrogens is 687 g/mol. The molecule has 1 unspecified atom stereocenters. The van der Waals surface area contributed by atoms with Crippen LogP contribution in [0.1, 0.15) is 80.1 Å². The van der Waals surface area contributed by atoms with Crippen LogP contribution in [0.25, 0.3) is 0 Å². The highest BCUT2D eigenvalue weighted by atomic mass is 35.5. The summed E-state index contributed by atoms with van der Waals surface area (Å²) in [6.45, 7) is 3.18. The van der Waals surface area contributed by atoms with Crippen LogP contribution in [0, 0.1) is 0 Å². The average molecular weight is 722 g/mol. The number of carbonyl (C=O) groups is 6. The predicted octanol–water partition coefficient (Wildman–Crippen LogP) is 3.23. The number of fused-ring (bicyclic) bond motifs is 1. The summed E-state index contributed by atoms with van der Waals surface area (Å²) in [5, 5.41) is 15.0. The van der Waals surface area contributed by atoms with Crippen molar-refractivity contribution in [2.45, 2.75) is 56.7 Å². The summed E-state index contributed by atoms with van der Waals surface area (Å²) < 4.78 is 0. The molecule has 1 aromatic heterocycles. The molecule has 4 aliphatic heterocycles. The number of likely N-dealkylation sites (tertiary alicyclic amines) is 1. The van der Waals surface area contributed by atoms with Crippen molar-refractivity contribution in [3.63, 3.8) is 0 Å². The van der Waals surface area contributed by atoms with E-state index in [-0.39, 0.29) is 62.9 Å². The number of nitrogens with zero attached hydrogens (tertiary/aromatic N) is 4. The molecule has 0 saturated carbocycles. The number of imide groups is 2. The van der Waals surface area contributed by atoms with Gasteiger partial charge in [0.05, 0.1) is 38.6 Å². The molecule has 0 aliphatic carbocycles. The molecular formula is C34H34Cl2N8O6. The van der Waals surface area contributed by atoms with E-state index in [4.69, 9.17) is 23.2 Å². The Bertz CT molecular complexity index is 1880. The van der Waals surface area contributed by atoms with Crippen LogP contribution in [0.4, 0.5) is 11.4 Å². The highest BCUT2D eigenvalue weighted by molar-refractivity contribution is 6.40. The number of piperidine rings is 3. The molecule has 0 spiro atoms. The molecule has 0 radical (unpaired) electrons. The third kappa shape index (κ3) is 6.45. The summed E-state index contributed by atoms with van der Waals surface area (Å²) in [6, 6.07) is 9.31. The first kappa shape index (κ1) is 33.7. The van der Waals surface area contributed by atoms with Gasteiger partial charge in [-0.05, 0) is 62.4 Å². The first-order chi connectivity index (χ1) is 24.1. The number of aromatic amines is 1. The SMILES string of the molecule is O=C1CCC(N2C(=O)c3ccc(N4CCC(N5CCC(NC(=O)c6[nH]ncc6NC(=O)c6c(Cl)cccc6Cl)CC5)CC4)cc3C2=O)C(=O)N1. The van der Waals surface area contributed by atoms with Crippen molar-refractivity contribution in [3.05, 3.63) is 75.0 Å². The first-order valence-electron chi connectivity index (χ1n) is 16.5. The van der Waals surface area contributed by atoms with Crippen LogP contribution < -0.4 is 20.9 Å². The molecule has 1 atom stereocenters. The molecule has 4 N–H and O–H groups in total. The van der Waals surface area contributed by atoms with Gasteiger partial charge in [-0.2, -0.15) is 5.10 Å². The van der Waals surface area contributed by atoms with Crippen molar-refractivity contribution in [3.8, 4) is 0 Å². The lowest BCUT2D eigenvalue weighted by Crippen LogP contribution is -2.54. The number of amides is 6. The molecule has 3 fully saturated rings. The van der Waals surface area contributed by atoms with E-state index < -0.39 is 35.6 Å². The molecule has 14 nitrogen and oxygen atoms in total. The predicted molar refractivity (Wildman–Crippen MR) is 183 cm³/mol. The maximum absolute atomic E-state index is 13.3. The minimum atomic E-state index is -0.993. The van der Waals surface area contributed by atoms with Crippen molar-refractivity contribution in [2.75, 3.05) is 36.4 Å². The van der Waals surface area contributed by atoms with Crippen molar-refractivity contribution in [1.29, 1.82) is 0 Å². The molecule has 16 heteroatoms. The van der Waals surface area contributed by atoms with E-state index in [9.17, 15) is 28.8 Å². The van der Waals surface area contributed by atoms with Gasteiger partial charge in [-0.15, -0.1) is 0 Å². The minimum Gasteiger partial charge on any atom is -0.371 e. The number of hydrogen-bond donors (Lipinski definition) is 4. The van der Waals surface area contributed by atoms with Gasteiger partial charge in [-0.3, -0.25) is 44.1 Å². The Morgan fingerprint density at radius 1 is 0.840 bits per heavy atom. The van der Waals surface area contributed by atoms with Crippen LogP contribution in [0.15, 0.2) is 42.6 Å². The molecule has 6 amide bonds. The molecule has 3 saturated heterocycles. The van der Waals surface area contributed by atoms with Crippen LogP contribution in [-0.4, -0.2) is 99.7 Å². The standard InChI is InChI=1S/C34H34Cl2N8O6/c35-23-2-1-3-24(36)28(23)31(47)39-25-17-37-41-29(25)32(48)38-18-8-12-42(13-9-18)19-10-14-43(15-11-19)20-4-5-21-22(16-20)34(50)44(33(21)49)26-6-7-27(45)40-30(26)46/h1-5,16-19,26H,6-15H2,(H,37,41)(H,38,48)(H,39,47)(H,40,45,46). The fourth-order valence-electron chi connectivity index (χ4n) is 7.26. The van der Waals surface area contributed by atoms with Crippen molar-refractivity contribution in [1.82, 2.24) is 30.6 Å². The van der Waals surface area contributed by atoms with Crippen LogP contribution in [0.5, 0.6) is 0 Å². The van der Waals surface area contributed by atoms with E-state index in [1.54, 1.807) is 30.3 Å². The lowest BCUT2D eigenvalue weighted by molar-refractivity contribution is -0.136. The second kappa shape index (κ2) is 13.8. The van der Waals surface area contributed by atoms with Gasteiger partial charge in [-0.1, -0.05) is 29.3 Å². The average Bonchev–Trinajstić information content (AvgIpc) is 3.66. The van der Waals surface area contributed by atoms with E-state index >= 15 is 0 Å². The monoisotopic (exact) mass is 720 g/mol. The van der Waals surface area contributed by atoms with Gasteiger partial charge in [0.1, 0.15) is 11.7 Å². The van der Waals surface area contributed by atoms with E-state index in [1.807, 2.05) is 6.07 Å². The smallest absolute Gasteiger partial charge is 0.271 e. The van der Waals surface area contributed by atoms with Crippen molar-refractivity contribution in [2.24, 2.45) is 0 Å².